The van der Waals surface area contributed by atoms with Crippen LogP contribution in [0.3, 0.4) is 0 Å². The smallest absolute Gasteiger partial charge is 0.165 e. The topological polar surface area (TPSA) is 23.1 Å². The average molecular weight is 102 g/mol. The summed E-state index contributed by atoms with van der Waals surface area (Å²) in [6.45, 7) is 0. The van der Waals surface area contributed by atoms with Gasteiger partial charge in [-0.15, -0.1) is 6.42 Å². The van der Waals surface area contributed by atoms with E-state index in [0.717, 1.165) is 0 Å². The quantitative estimate of drug-likeness (QED) is 0.337. The van der Waals surface area contributed by atoms with Gasteiger partial charge in [0.2, 0.25) is 0 Å². The maximum atomic E-state index is 10.0. The SMILES string of the molecule is C#CC[S+](C)[O-]. The third kappa shape index (κ3) is 3.87. The third-order valence-corrected chi connectivity index (χ3v) is 0.860. The van der Waals surface area contributed by atoms with Crippen molar-refractivity contribution in [2.24, 2.45) is 0 Å². The van der Waals surface area contributed by atoms with Crippen LogP contribution in [0.15, 0.2) is 0 Å². The summed E-state index contributed by atoms with van der Waals surface area (Å²) in [5.74, 6) is 2.64. The molecule has 0 aliphatic rings. The number of hydrogen-bond donors (Lipinski definition) is 0. The number of hydrogen-bond acceptors (Lipinski definition) is 1. The van der Waals surface area contributed by atoms with Crippen LogP contribution in [0.1, 0.15) is 0 Å². The lowest BCUT2D eigenvalue weighted by Gasteiger charge is -1.94. The van der Waals surface area contributed by atoms with Gasteiger partial charge < -0.3 is 4.55 Å². The fraction of sp³-hybridized carbons (Fsp3) is 0.500. The molecule has 1 atom stereocenters. The highest BCUT2D eigenvalue weighted by Crippen LogP contribution is 1.75. The zero-order chi connectivity index (χ0) is 4.99. The molecule has 0 aromatic rings. The second-order valence-electron chi connectivity index (χ2n) is 0.922. The first-order valence-electron chi connectivity index (χ1n) is 1.51. The molecule has 0 fully saturated rings. The Bertz CT molecular complexity index is 62.4. The van der Waals surface area contributed by atoms with Gasteiger partial charge in [0.1, 0.15) is 0 Å². The molecular weight excluding hydrogens is 96.1 g/mol. The summed E-state index contributed by atoms with van der Waals surface area (Å²) in [5, 5.41) is 0. The molecule has 0 aromatic heterocycles. The lowest BCUT2D eigenvalue weighted by atomic mass is 10.8. The van der Waals surface area contributed by atoms with Crippen LogP contribution in [0, 0.1) is 12.3 Å². The molecule has 0 amide bonds. The Morgan fingerprint density at radius 3 is 2.50 bits per heavy atom. The molecule has 0 radical (unpaired) electrons. The molecule has 6 heavy (non-hydrogen) atoms. The van der Waals surface area contributed by atoms with Crippen molar-refractivity contribution < 1.29 is 4.55 Å². The van der Waals surface area contributed by atoms with Gasteiger partial charge in [-0.1, -0.05) is 5.92 Å². The van der Waals surface area contributed by atoms with Crippen LogP contribution in [0.25, 0.3) is 0 Å². The van der Waals surface area contributed by atoms with Crippen LogP contribution < -0.4 is 0 Å². The van der Waals surface area contributed by atoms with Crippen molar-refractivity contribution in [2.45, 2.75) is 0 Å². The van der Waals surface area contributed by atoms with E-state index in [1.807, 2.05) is 0 Å². The standard InChI is InChI=1S/C4H6OS/c1-3-4-6(2)5/h1H,4H2,2H3. The van der Waals surface area contributed by atoms with Gasteiger partial charge in [0.15, 0.2) is 5.75 Å². The van der Waals surface area contributed by atoms with Gasteiger partial charge in [-0.25, -0.2) is 0 Å². The normalized spacial score (nSPS) is 12.8. The van der Waals surface area contributed by atoms with E-state index in [0.29, 0.717) is 5.75 Å². The van der Waals surface area contributed by atoms with E-state index in [4.69, 9.17) is 6.42 Å². The Hall–Kier alpha value is -0.130. The Kier molecular flexibility index (Phi) is 3.01. The van der Waals surface area contributed by atoms with Crippen molar-refractivity contribution in [1.29, 1.82) is 0 Å². The van der Waals surface area contributed by atoms with E-state index in [9.17, 15) is 4.55 Å². The van der Waals surface area contributed by atoms with Gasteiger partial charge >= 0.3 is 0 Å². The van der Waals surface area contributed by atoms with Crippen LogP contribution in [0.5, 0.6) is 0 Å². The average Bonchev–Trinajstić information content (AvgIpc) is 1.35. The molecule has 0 aliphatic heterocycles. The second kappa shape index (κ2) is 3.08. The van der Waals surface area contributed by atoms with Gasteiger partial charge in [0.05, 0.1) is 6.26 Å². The lowest BCUT2D eigenvalue weighted by Crippen LogP contribution is -1.98. The first kappa shape index (κ1) is 5.87. The van der Waals surface area contributed by atoms with E-state index < -0.39 is 11.2 Å². The third-order valence-electron chi connectivity index (χ3n) is 0.287. The summed E-state index contributed by atoms with van der Waals surface area (Å²) < 4.78 is 10.0. The van der Waals surface area contributed by atoms with E-state index in [1.54, 1.807) is 6.26 Å². The summed E-state index contributed by atoms with van der Waals surface area (Å²) >= 11 is -0.802. The highest BCUT2D eigenvalue weighted by molar-refractivity contribution is 7.90. The molecule has 0 heterocycles. The van der Waals surface area contributed by atoms with E-state index in [1.165, 1.54) is 0 Å². The molecule has 0 saturated carbocycles. The molecule has 0 aliphatic carbocycles. The zero-order valence-electron chi connectivity index (χ0n) is 3.60. The monoisotopic (exact) mass is 102 g/mol. The van der Waals surface area contributed by atoms with E-state index in [-0.39, 0.29) is 0 Å². The number of rotatable bonds is 1. The van der Waals surface area contributed by atoms with Crippen LogP contribution in [-0.4, -0.2) is 16.6 Å². The van der Waals surface area contributed by atoms with E-state index >= 15 is 0 Å². The summed E-state index contributed by atoms with van der Waals surface area (Å²) in [4.78, 5) is 0. The predicted molar refractivity (Wildman–Crippen MR) is 27.8 cm³/mol. The molecule has 0 aromatic carbocycles. The van der Waals surface area contributed by atoms with Crippen LogP contribution in [-0.2, 0) is 11.2 Å². The zero-order valence-corrected chi connectivity index (χ0v) is 4.42. The maximum absolute atomic E-state index is 10.0. The minimum Gasteiger partial charge on any atom is -0.616 e. The highest BCUT2D eigenvalue weighted by atomic mass is 32.2. The first-order chi connectivity index (χ1) is 2.77. The first-order valence-corrected chi connectivity index (χ1v) is 3.23. The molecule has 2 heteroatoms. The summed E-state index contributed by atoms with van der Waals surface area (Å²) in [5.41, 5.74) is 0. The lowest BCUT2D eigenvalue weighted by molar-refractivity contribution is 0.604. The second-order valence-corrected chi connectivity index (χ2v) is 2.36. The number of terminal acetylenes is 1. The summed E-state index contributed by atoms with van der Waals surface area (Å²) in [6, 6.07) is 0. The Labute approximate surface area is 40.9 Å². The largest absolute Gasteiger partial charge is 0.616 e. The Morgan fingerprint density at radius 1 is 2.00 bits per heavy atom. The van der Waals surface area contributed by atoms with Crippen LogP contribution >= 0.6 is 0 Å². The molecule has 0 spiro atoms. The minimum absolute atomic E-state index is 0.375. The van der Waals surface area contributed by atoms with Crippen LogP contribution in [0.2, 0.25) is 0 Å². The van der Waals surface area contributed by atoms with Crippen molar-refractivity contribution in [3.05, 3.63) is 0 Å². The van der Waals surface area contributed by atoms with Crippen molar-refractivity contribution in [2.75, 3.05) is 12.0 Å². The van der Waals surface area contributed by atoms with E-state index in [2.05, 4.69) is 5.92 Å². The van der Waals surface area contributed by atoms with Crippen molar-refractivity contribution in [3.63, 3.8) is 0 Å². The van der Waals surface area contributed by atoms with Gasteiger partial charge in [0.25, 0.3) is 0 Å². The summed E-state index contributed by atoms with van der Waals surface area (Å²) in [7, 11) is 0. The fourth-order valence-electron chi connectivity index (χ4n) is 0.117. The van der Waals surface area contributed by atoms with Crippen LogP contribution in [0.4, 0.5) is 0 Å². The molecule has 34 valence electrons. The van der Waals surface area contributed by atoms with Crippen molar-refractivity contribution >= 4 is 11.2 Å². The Balaban J connectivity index is 2.88. The predicted octanol–water partition coefficient (Wildman–Crippen LogP) is -0.00190. The molecule has 0 N–H and O–H groups in total. The molecule has 0 saturated heterocycles. The van der Waals surface area contributed by atoms with Gasteiger partial charge in [-0.05, 0) is 11.2 Å². The van der Waals surface area contributed by atoms with Crippen molar-refractivity contribution in [3.8, 4) is 12.3 Å². The fourth-order valence-corrected chi connectivity index (χ4v) is 0.352. The molecule has 0 bridgehead atoms. The minimum atomic E-state index is -0.802. The van der Waals surface area contributed by atoms with Gasteiger partial charge in [-0.3, -0.25) is 0 Å². The molecule has 1 unspecified atom stereocenters. The molecular formula is C4H6OS. The highest BCUT2D eigenvalue weighted by Gasteiger charge is 1.85. The van der Waals surface area contributed by atoms with Gasteiger partial charge in [0, 0.05) is 0 Å². The summed E-state index contributed by atoms with van der Waals surface area (Å²) in [6.07, 6.45) is 6.37. The van der Waals surface area contributed by atoms with Crippen molar-refractivity contribution in [1.82, 2.24) is 0 Å². The molecule has 1 nitrogen and oxygen atoms in total. The Morgan fingerprint density at radius 2 is 2.50 bits per heavy atom. The molecule has 0 rings (SSSR count). The van der Waals surface area contributed by atoms with Gasteiger partial charge in [-0.2, -0.15) is 0 Å². The maximum Gasteiger partial charge on any atom is 0.165 e.